The third-order valence-electron chi connectivity index (χ3n) is 6.96. The number of piperidine rings is 1. The number of ether oxygens (including phenoxy) is 1. The quantitative estimate of drug-likeness (QED) is 0.603. The number of methoxy groups -OCH3 is 1. The Kier molecular flexibility index (Phi) is 7.11. The van der Waals surface area contributed by atoms with Crippen LogP contribution in [0.3, 0.4) is 0 Å². The molecule has 6 nitrogen and oxygen atoms in total. The van der Waals surface area contributed by atoms with Crippen LogP contribution in [0.4, 0.5) is 13.2 Å². The number of amides is 2. The molecule has 2 heterocycles. The molecule has 0 spiro atoms. The molecule has 0 saturated carbocycles. The number of hydrogen-bond acceptors (Lipinski definition) is 4. The van der Waals surface area contributed by atoms with Crippen LogP contribution in [0.2, 0.25) is 0 Å². The molecule has 2 saturated heterocycles. The molecule has 9 heteroatoms. The number of hydrogen-bond donors (Lipinski definition) is 2. The summed E-state index contributed by atoms with van der Waals surface area (Å²) in [6.07, 6.45) is 3.06. The lowest BCUT2D eigenvalue weighted by atomic mass is 9.82. The third kappa shape index (κ3) is 4.89. The van der Waals surface area contributed by atoms with E-state index >= 15 is 0 Å². The minimum Gasteiger partial charge on any atom is -0.496 e. The Bertz CT molecular complexity index is 1070. The average molecular weight is 476 g/mol. The average Bonchev–Trinajstić information content (AvgIpc) is 3.09. The van der Waals surface area contributed by atoms with Crippen LogP contribution in [0.5, 0.6) is 5.75 Å². The maximum atomic E-state index is 14.1. The molecule has 2 aliphatic heterocycles. The van der Waals surface area contributed by atoms with Crippen LogP contribution < -0.4 is 15.8 Å². The normalized spacial score (nSPS) is 22.4. The Labute approximate surface area is 196 Å². The number of nitrogens with one attached hydrogen (secondary N) is 1. The van der Waals surface area contributed by atoms with Crippen molar-refractivity contribution in [2.45, 2.75) is 50.2 Å². The van der Waals surface area contributed by atoms with E-state index in [1.165, 1.54) is 7.11 Å². The minimum absolute atomic E-state index is 0.0136. The SMILES string of the molecule is COc1ccccc1C(=O)NCC(=O)N1[C@@H]2CC[C@H]1C[C@H]([C@H](N)Cc1cc(F)c(F)cc1F)C2. The highest BCUT2D eigenvalue weighted by atomic mass is 19.2. The molecular weight excluding hydrogens is 447 g/mol. The molecule has 2 fully saturated rings. The summed E-state index contributed by atoms with van der Waals surface area (Å²) < 4.78 is 46.0. The number of nitrogens with zero attached hydrogens (tertiary/aromatic N) is 1. The minimum atomic E-state index is -1.22. The summed E-state index contributed by atoms with van der Waals surface area (Å²) in [5.41, 5.74) is 6.75. The lowest BCUT2D eigenvalue weighted by Crippen LogP contribution is -2.52. The highest BCUT2D eigenvalue weighted by Gasteiger charge is 2.44. The van der Waals surface area contributed by atoms with E-state index in [2.05, 4.69) is 5.32 Å². The molecular formula is C25H28F3N3O3. The summed E-state index contributed by atoms with van der Waals surface area (Å²) in [5.74, 6) is -3.22. The molecule has 2 amide bonds. The van der Waals surface area contributed by atoms with Gasteiger partial charge in [-0.15, -0.1) is 0 Å². The van der Waals surface area contributed by atoms with E-state index < -0.39 is 23.5 Å². The van der Waals surface area contributed by atoms with E-state index in [9.17, 15) is 22.8 Å². The molecule has 2 aromatic rings. The van der Waals surface area contributed by atoms with Crippen molar-refractivity contribution in [3.8, 4) is 5.75 Å². The van der Waals surface area contributed by atoms with E-state index in [1.807, 2.05) is 4.90 Å². The van der Waals surface area contributed by atoms with Crippen molar-refractivity contribution in [1.29, 1.82) is 0 Å². The van der Waals surface area contributed by atoms with Crippen molar-refractivity contribution in [2.75, 3.05) is 13.7 Å². The molecule has 0 aliphatic carbocycles. The van der Waals surface area contributed by atoms with Crippen LogP contribution in [0.25, 0.3) is 0 Å². The number of rotatable bonds is 7. The predicted octanol–water partition coefficient (Wildman–Crippen LogP) is 3.18. The van der Waals surface area contributed by atoms with E-state index in [0.717, 1.165) is 18.9 Å². The van der Waals surface area contributed by atoms with Crippen molar-refractivity contribution in [1.82, 2.24) is 10.2 Å². The zero-order valence-corrected chi connectivity index (χ0v) is 18.9. The molecule has 0 unspecified atom stereocenters. The van der Waals surface area contributed by atoms with Crippen molar-refractivity contribution < 1.29 is 27.5 Å². The van der Waals surface area contributed by atoms with Gasteiger partial charge in [-0.25, -0.2) is 13.2 Å². The van der Waals surface area contributed by atoms with E-state index in [4.69, 9.17) is 10.5 Å². The predicted molar refractivity (Wildman–Crippen MR) is 120 cm³/mol. The highest BCUT2D eigenvalue weighted by Crippen LogP contribution is 2.40. The molecule has 0 aromatic heterocycles. The second kappa shape index (κ2) is 10.0. The van der Waals surface area contributed by atoms with Gasteiger partial charge in [0.25, 0.3) is 5.91 Å². The van der Waals surface area contributed by atoms with Crippen molar-refractivity contribution in [3.05, 3.63) is 65.0 Å². The van der Waals surface area contributed by atoms with Gasteiger partial charge in [-0.1, -0.05) is 12.1 Å². The first kappa shape index (κ1) is 24.1. The van der Waals surface area contributed by atoms with E-state index in [0.29, 0.717) is 30.2 Å². The lowest BCUT2D eigenvalue weighted by Gasteiger charge is -2.41. The molecule has 4 rings (SSSR count). The largest absolute Gasteiger partial charge is 0.496 e. The van der Waals surface area contributed by atoms with Crippen LogP contribution in [0, 0.1) is 23.4 Å². The maximum absolute atomic E-state index is 14.1. The smallest absolute Gasteiger partial charge is 0.255 e. The summed E-state index contributed by atoms with van der Waals surface area (Å²) >= 11 is 0. The van der Waals surface area contributed by atoms with Crippen LogP contribution in [0.15, 0.2) is 36.4 Å². The summed E-state index contributed by atoms with van der Waals surface area (Å²) in [6, 6.07) is 7.73. The molecule has 3 N–H and O–H groups in total. The number of carbonyl (C=O) groups is 2. The van der Waals surface area contributed by atoms with E-state index in [1.54, 1.807) is 24.3 Å². The Hall–Kier alpha value is -3.07. The molecule has 2 bridgehead atoms. The van der Waals surface area contributed by atoms with Crippen LogP contribution in [0.1, 0.15) is 41.6 Å². The Morgan fingerprint density at radius 2 is 1.74 bits per heavy atom. The standard InChI is InChI=1S/C25H28F3N3O3/c1-34-23-5-3-2-4-18(23)25(33)30-13-24(32)31-16-6-7-17(31)9-15(8-16)22(29)11-14-10-20(27)21(28)12-19(14)26/h2-5,10,12,15-17,22H,6-9,11,13,29H2,1H3,(H,30,33)/t15-,16-,17+,22-/m1/s1. The highest BCUT2D eigenvalue weighted by molar-refractivity contribution is 5.98. The summed E-state index contributed by atoms with van der Waals surface area (Å²) in [5, 5.41) is 2.68. The van der Waals surface area contributed by atoms with Crippen LogP contribution in [-0.2, 0) is 11.2 Å². The molecule has 4 atom stereocenters. The van der Waals surface area contributed by atoms with Crippen LogP contribution >= 0.6 is 0 Å². The number of halogens is 3. The first-order valence-electron chi connectivity index (χ1n) is 11.4. The molecule has 2 aliphatic rings. The first-order chi connectivity index (χ1) is 16.3. The molecule has 34 heavy (non-hydrogen) atoms. The van der Waals surface area contributed by atoms with Gasteiger partial charge < -0.3 is 20.7 Å². The van der Waals surface area contributed by atoms with Crippen LogP contribution in [-0.4, -0.2) is 48.5 Å². The number of carbonyl (C=O) groups excluding carboxylic acids is 2. The fraction of sp³-hybridized carbons (Fsp3) is 0.440. The molecule has 2 aromatic carbocycles. The number of fused-ring (bicyclic) bond motifs is 2. The van der Waals surface area contributed by atoms with Gasteiger partial charge in [-0.3, -0.25) is 9.59 Å². The Balaban J connectivity index is 1.35. The fourth-order valence-electron chi connectivity index (χ4n) is 5.29. The van der Waals surface area contributed by atoms with Gasteiger partial charge in [0.15, 0.2) is 11.6 Å². The third-order valence-corrected chi connectivity index (χ3v) is 6.96. The van der Waals surface area contributed by atoms with Crippen molar-refractivity contribution in [2.24, 2.45) is 11.7 Å². The van der Waals surface area contributed by atoms with Gasteiger partial charge in [-0.2, -0.15) is 0 Å². The fourth-order valence-corrected chi connectivity index (χ4v) is 5.29. The van der Waals surface area contributed by atoms with Gasteiger partial charge in [0.1, 0.15) is 11.6 Å². The van der Waals surface area contributed by atoms with E-state index in [-0.39, 0.29) is 48.3 Å². The topological polar surface area (TPSA) is 84.7 Å². The van der Waals surface area contributed by atoms with Gasteiger partial charge >= 0.3 is 0 Å². The maximum Gasteiger partial charge on any atom is 0.255 e. The number of benzene rings is 2. The zero-order valence-electron chi connectivity index (χ0n) is 18.9. The summed E-state index contributed by atoms with van der Waals surface area (Å²) in [7, 11) is 1.48. The molecule has 182 valence electrons. The van der Waals surface area contributed by atoms with Crippen molar-refractivity contribution >= 4 is 11.8 Å². The first-order valence-corrected chi connectivity index (χ1v) is 11.4. The van der Waals surface area contributed by atoms with Gasteiger partial charge in [0, 0.05) is 24.2 Å². The summed E-state index contributed by atoms with van der Waals surface area (Å²) in [6.45, 7) is -0.124. The monoisotopic (exact) mass is 475 g/mol. The van der Waals surface area contributed by atoms with Gasteiger partial charge in [0.2, 0.25) is 5.91 Å². The lowest BCUT2D eigenvalue weighted by molar-refractivity contribution is -0.135. The summed E-state index contributed by atoms with van der Waals surface area (Å²) in [4.78, 5) is 27.3. The van der Waals surface area contributed by atoms with Crippen molar-refractivity contribution in [3.63, 3.8) is 0 Å². The van der Waals surface area contributed by atoms with Gasteiger partial charge in [-0.05, 0) is 61.8 Å². The number of nitrogens with two attached hydrogens (primary N) is 1. The second-order valence-corrected chi connectivity index (χ2v) is 9.03. The number of para-hydroxylation sites is 1. The Morgan fingerprint density at radius 3 is 2.41 bits per heavy atom. The second-order valence-electron chi connectivity index (χ2n) is 9.03. The zero-order chi connectivity index (χ0) is 24.4. The molecule has 0 radical (unpaired) electrons. The van der Waals surface area contributed by atoms with Gasteiger partial charge in [0.05, 0.1) is 19.2 Å². The Morgan fingerprint density at radius 1 is 1.09 bits per heavy atom.